The lowest BCUT2D eigenvalue weighted by Crippen LogP contribution is -2.30. The van der Waals surface area contributed by atoms with Crippen LogP contribution in [-0.2, 0) is 28.6 Å². The summed E-state index contributed by atoms with van der Waals surface area (Å²) in [6, 6.07) is 0. The van der Waals surface area contributed by atoms with E-state index < -0.39 is 12.1 Å². The van der Waals surface area contributed by atoms with Crippen molar-refractivity contribution in [1.29, 1.82) is 0 Å². The van der Waals surface area contributed by atoms with Crippen molar-refractivity contribution < 1.29 is 28.6 Å². The molecule has 0 aromatic carbocycles. The quantitative estimate of drug-likeness (QED) is 0.0204. The standard InChI is InChI=1S/C56H78O6/c1-4-7-10-13-16-19-22-25-26-27-28-29-30-32-34-37-40-43-46-49-55(58)61-52-53(51-60-54(57)48-45-42-39-36-33-24-21-18-15-12-9-6-3)62-56(59)50-47-44-41-38-35-31-23-20-17-14-11-8-5-2/h7-14,16-23,25-36,38,41,53H,4-6,15,24,37,39-40,42-52H2,1-3H3/b10-7-,11-8-,12-9-,16-13-,17-14-,21-18-,22-19-,23-20-,26-25-,28-27+,30-29-,34-32-,35-31-,36-33-,41-38-. The number of ether oxygens (including phenoxy) is 3. The summed E-state index contributed by atoms with van der Waals surface area (Å²) < 4.78 is 16.6. The summed E-state index contributed by atoms with van der Waals surface area (Å²) in [7, 11) is 0. The Bertz CT molecular complexity index is 1580. The highest BCUT2D eigenvalue weighted by Crippen LogP contribution is 2.09. The van der Waals surface area contributed by atoms with Gasteiger partial charge in [-0.1, -0.05) is 209 Å². The van der Waals surface area contributed by atoms with Crippen LogP contribution >= 0.6 is 0 Å². The molecule has 0 saturated heterocycles. The molecular formula is C56H78O6. The van der Waals surface area contributed by atoms with Crippen molar-refractivity contribution in [2.45, 2.75) is 136 Å². The summed E-state index contributed by atoms with van der Waals surface area (Å²) in [5.74, 6) is -1.13. The number of unbranched alkanes of at least 4 members (excludes halogenated alkanes) is 6. The fourth-order valence-corrected chi connectivity index (χ4v) is 5.11. The molecule has 0 aliphatic rings. The first-order valence-electron chi connectivity index (χ1n) is 23.0. The first-order chi connectivity index (χ1) is 30.5. The summed E-state index contributed by atoms with van der Waals surface area (Å²) in [6.07, 6.45) is 73.1. The Morgan fingerprint density at radius 3 is 1.15 bits per heavy atom. The first kappa shape index (κ1) is 56.5. The summed E-state index contributed by atoms with van der Waals surface area (Å²) in [5, 5.41) is 0. The van der Waals surface area contributed by atoms with Crippen LogP contribution in [0.4, 0.5) is 0 Å². The predicted octanol–water partition coefficient (Wildman–Crippen LogP) is 15.0. The fraction of sp³-hybridized carbons (Fsp3) is 0.411. The number of carbonyl (C=O) groups excluding carboxylic acids is 3. The Morgan fingerprint density at radius 1 is 0.339 bits per heavy atom. The van der Waals surface area contributed by atoms with Crippen LogP contribution < -0.4 is 0 Å². The first-order valence-corrected chi connectivity index (χ1v) is 23.0. The summed E-state index contributed by atoms with van der Waals surface area (Å²) in [4.78, 5) is 37.8. The van der Waals surface area contributed by atoms with Gasteiger partial charge in [0.05, 0.1) is 0 Å². The smallest absolute Gasteiger partial charge is 0.306 e. The third-order valence-corrected chi connectivity index (χ3v) is 8.46. The Kier molecular flexibility index (Phi) is 43.9. The molecule has 0 spiro atoms. The third-order valence-electron chi connectivity index (χ3n) is 8.46. The Balaban J connectivity index is 4.69. The molecule has 0 aromatic heterocycles. The molecule has 6 heteroatoms. The van der Waals surface area contributed by atoms with Crippen molar-refractivity contribution in [2.75, 3.05) is 13.2 Å². The molecule has 0 bridgehead atoms. The summed E-state index contributed by atoms with van der Waals surface area (Å²) in [6.45, 7) is 6.03. The van der Waals surface area contributed by atoms with E-state index in [2.05, 4.69) is 75.5 Å². The molecule has 0 aliphatic carbocycles. The fourth-order valence-electron chi connectivity index (χ4n) is 5.11. The van der Waals surface area contributed by atoms with E-state index in [9.17, 15) is 14.4 Å². The van der Waals surface area contributed by atoms with E-state index >= 15 is 0 Å². The van der Waals surface area contributed by atoms with Crippen molar-refractivity contribution in [3.63, 3.8) is 0 Å². The molecule has 338 valence electrons. The van der Waals surface area contributed by atoms with Gasteiger partial charge in [0.1, 0.15) is 13.2 Å². The molecular weight excluding hydrogens is 769 g/mol. The normalized spacial score (nSPS) is 13.8. The second-order valence-corrected chi connectivity index (χ2v) is 14.1. The van der Waals surface area contributed by atoms with Gasteiger partial charge in [-0.05, 0) is 83.5 Å². The third kappa shape index (κ3) is 45.6. The number of hydrogen-bond donors (Lipinski definition) is 0. The molecule has 0 amide bonds. The van der Waals surface area contributed by atoms with Gasteiger partial charge in [0, 0.05) is 19.3 Å². The Morgan fingerprint density at radius 2 is 0.677 bits per heavy atom. The Hall–Kier alpha value is -5.49. The van der Waals surface area contributed by atoms with Gasteiger partial charge in [-0.3, -0.25) is 14.4 Å². The molecule has 0 saturated carbocycles. The van der Waals surface area contributed by atoms with Gasteiger partial charge in [0.2, 0.25) is 0 Å². The van der Waals surface area contributed by atoms with Gasteiger partial charge in [-0.2, -0.15) is 0 Å². The lowest BCUT2D eigenvalue weighted by Gasteiger charge is -2.18. The maximum absolute atomic E-state index is 12.7. The molecule has 0 heterocycles. The highest BCUT2D eigenvalue weighted by Gasteiger charge is 2.19. The van der Waals surface area contributed by atoms with Gasteiger partial charge in [-0.25, -0.2) is 0 Å². The molecule has 0 fully saturated rings. The number of carbonyl (C=O) groups is 3. The van der Waals surface area contributed by atoms with Crippen LogP contribution in [0, 0.1) is 0 Å². The average molecular weight is 847 g/mol. The summed E-state index contributed by atoms with van der Waals surface area (Å²) >= 11 is 0. The maximum atomic E-state index is 12.7. The molecule has 62 heavy (non-hydrogen) atoms. The van der Waals surface area contributed by atoms with Crippen LogP contribution in [-0.4, -0.2) is 37.2 Å². The molecule has 0 radical (unpaired) electrons. The molecule has 1 unspecified atom stereocenters. The predicted molar refractivity (Wildman–Crippen MR) is 264 cm³/mol. The van der Waals surface area contributed by atoms with E-state index in [1.807, 2.05) is 128 Å². The van der Waals surface area contributed by atoms with Crippen LogP contribution in [0.5, 0.6) is 0 Å². The van der Waals surface area contributed by atoms with Crippen molar-refractivity contribution in [1.82, 2.24) is 0 Å². The number of rotatable bonds is 37. The zero-order valence-electron chi connectivity index (χ0n) is 38.3. The number of hydrogen-bond acceptors (Lipinski definition) is 6. The van der Waals surface area contributed by atoms with Gasteiger partial charge in [0.15, 0.2) is 6.10 Å². The minimum atomic E-state index is -0.859. The maximum Gasteiger partial charge on any atom is 0.306 e. The topological polar surface area (TPSA) is 78.9 Å². The van der Waals surface area contributed by atoms with E-state index in [0.29, 0.717) is 25.7 Å². The molecule has 1 atom stereocenters. The second-order valence-electron chi connectivity index (χ2n) is 14.1. The van der Waals surface area contributed by atoms with Gasteiger partial charge in [-0.15, -0.1) is 0 Å². The molecule has 6 nitrogen and oxygen atoms in total. The van der Waals surface area contributed by atoms with Gasteiger partial charge in [0.25, 0.3) is 0 Å². The minimum absolute atomic E-state index is 0.153. The van der Waals surface area contributed by atoms with Crippen LogP contribution in [0.1, 0.15) is 130 Å². The van der Waals surface area contributed by atoms with Gasteiger partial charge < -0.3 is 14.2 Å². The number of esters is 3. The number of allylic oxidation sites excluding steroid dienone is 30. The van der Waals surface area contributed by atoms with Crippen LogP contribution in [0.15, 0.2) is 182 Å². The van der Waals surface area contributed by atoms with Crippen molar-refractivity contribution >= 4 is 17.9 Å². The Labute approximate surface area is 376 Å². The zero-order valence-corrected chi connectivity index (χ0v) is 38.3. The second kappa shape index (κ2) is 48.2. The monoisotopic (exact) mass is 847 g/mol. The van der Waals surface area contributed by atoms with Crippen molar-refractivity contribution in [2.24, 2.45) is 0 Å². The lowest BCUT2D eigenvalue weighted by atomic mass is 10.1. The summed E-state index contributed by atoms with van der Waals surface area (Å²) in [5.41, 5.74) is 0. The van der Waals surface area contributed by atoms with Gasteiger partial charge >= 0.3 is 17.9 Å². The molecule has 0 aromatic rings. The van der Waals surface area contributed by atoms with E-state index in [1.54, 1.807) is 0 Å². The SMILES string of the molecule is CC\C=C/C=C\C=C/C=C\C=C/CCCC(=O)OC(COC(=O)CCCC/C=C\C/C=C\C/C=C\CC)COC(=O)CCCCC\C=C/C=C\C=C\C=C/C=C\C=C/C=C\CC. The lowest BCUT2D eigenvalue weighted by molar-refractivity contribution is -0.167. The van der Waals surface area contributed by atoms with Crippen molar-refractivity contribution in [3.05, 3.63) is 182 Å². The van der Waals surface area contributed by atoms with E-state index in [-0.39, 0.29) is 44.4 Å². The van der Waals surface area contributed by atoms with Crippen LogP contribution in [0.2, 0.25) is 0 Å². The van der Waals surface area contributed by atoms with E-state index in [0.717, 1.165) is 64.2 Å². The van der Waals surface area contributed by atoms with E-state index in [4.69, 9.17) is 14.2 Å². The zero-order chi connectivity index (χ0) is 45.1. The highest BCUT2D eigenvalue weighted by atomic mass is 16.6. The molecule has 0 N–H and O–H groups in total. The largest absolute Gasteiger partial charge is 0.462 e. The van der Waals surface area contributed by atoms with E-state index in [1.165, 1.54) is 0 Å². The minimum Gasteiger partial charge on any atom is -0.462 e. The average Bonchev–Trinajstić information content (AvgIpc) is 3.27. The van der Waals surface area contributed by atoms with Crippen LogP contribution in [0.25, 0.3) is 0 Å². The van der Waals surface area contributed by atoms with Crippen LogP contribution in [0.3, 0.4) is 0 Å². The highest BCUT2D eigenvalue weighted by molar-refractivity contribution is 5.71. The van der Waals surface area contributed by atoms with Crippen molar-refractivity contribution in [3.8, 4) is 0 Å². The molecule has 0 rings (SSSR count). The molecule has 0 aliphatic heterocycles.